The molecule has 30 heavy (non-hydrogen) atoms. The van der Waals surface area contributed by atoms with Crippen molar-refractivity contribution in [3.05, 3.63) is 83.4 Å². The van der Waals surface area contributed by atoms with Crippen molar-refractivity contribution in [3.8, 4) is 17.2 Å². The van der Waals surface area contributed by atoms with Gasteiger partial charge in [0.05, 0.1) is 10.6 Å². The second-order valence-electron chi connectivity index (χ2n) is 6.33. The summed E-state index contributed by atoms with van der Waals surface area (Å²) in [6.07, 6.45) is -5.57. The van der Waals surface area contributed by atoms with E-state index in [2.05, 4.69) is 5.32 Å². The van der Waals surface area contributed by atoms with Gasteiger partial charge >= 0.3 is 6.18 Å². The van der Waals surface area contributed by atoms with E-state index in [0.29, 0.717) is 17.2 Å². The molecule has 3 aromatic rings. The number of benzene rings is 3. The van der Waals surface area contributed by atoms with Crippen LogP contribution in [-0.2, 0) is 11.0 Å². The number of nitrogens with one attached hydrogen (secondary N) is 1. The Hall–Kier alpha value is -3.19. The first-order valence-corrected chi connectivity index (χ1v) is 9.27. The second kappa shape index (κ2) is 9.09. The molecule has 1 atom stereocenters. The van der Waals surface area contributed by atoms with Crippen molar-refractivity contribution in [3.63, 3.8) is 0 Å². The number of halogens is 4. The highest BCUT2D eigenvalue weighted by atomic mass is 35.5. The van der Waals surface area contributed by atoms with Gasteiger partial charge in [-0.1, -0.05) is 29.8 Å². The number of hydrogen-bond donors (Lipinski definition) is 1. The van der Waals surface area contributed by atoms with Crippen molar-refractivity contribution in [2.75, 3.05) is 5.32 Å². The van der Waals surface area contributed by atoms with E-state index in [0.717, 1.165) is 12.1 Å². The van der Waals surface area contributed by atoms with E-state index in [4.69, 9.17) is 21.1 Å². The number of rotatable bonds is 6. The van der Waals surface area contributed by atoms with Gasteiger partial charge in [0.25, 0.3) is 5.91 Å². The minimum atomic E-state index is -4.62. The molecular weight excluding hydrogens is 419 g/mol. The van der Waals surface area contributed by atoms with Crippen LogP contribution in [0.25, 0.3) is 0 Å². The number of amides is 1. The average Bonchev–Trinajstić information content (AvgIpc) is 2.71. The predicted octanol–water partition coefficient (Wildman–Crippen LogP) is 6.56. The van der Waals surface area contributed by atoms with Crippen molar-refractivity contribution in [2.24, 2.45) is 0 Å². The number of para-hydroxylation sites is 1. The average molecular weight is 436 g/mol. The van der Waals surface area contributed by atoms with Gasteiger partial charge in [0.1, 0.15) is 17.2 Å². The van der Waals surface area contributed by atoms with Gasteiger partial charge in [-0.25, -0.2) is 0 Å². The topological polar surface area (TPSA) is 47.6 Å². The van der Waals surface area contributed by atoms with Crippen LogP contribution in [0.3, 0.4) is 0 Å². The number of carbonyl (C=O) groups excluding carboxylic acids is 1. The molecule has 0 saturated heterocycles. The SMILES string of the molecule is CC(Oc1ccc(Oc2ccccc2)cc1)C(=O)Nc1ccc(Cl)c(C(F)(F)F)c1. The third-order valence-electron chi connectivity index (χ3n) is 4.02. The minimum absolute atomic E-state index is 0.0289. The van der Waals surface area contributed by atoms with Gasteiger partial charge in [0.2, 0.25) is 0 Å². The van der Waals surface area contributed by atoms with E-state index in [1.54, 1.807) is 24.3 Å². The molecular formula is C22H17ClF3NO3. The summed E-state index contributed by atoms with van der Waals surface area (Å²) in [4.78, 5) is 12.3. The molecule has 0 aliphatic heterocycles. The quantitative estimate of drug-likeness (QED) is 0.477. The highest BCUT2D eigenvalue weighted by Gasteiger charge is 2.33. The highest BCUT2D eigenvalue weighted by Crippen LogP contribution is 2.36. The van der Waals surface area contributed by atoms with E-state index in [9.17, 15) is 18.0 Å². The number of hydrogen-bond acceptors (Lipinski definition) is 3. The summed E-state index contributed by atoms with van der Waals surface area (Å²) >= 11 is 5.58. The zero-order chi connectivity index (χ0) is 21.7. The Morgan fingerprint density at radius 1 is 0.933 bits per heavy atom. The van der Waals surface area contributed by atoms with E-state index in [-0.39, 0.29) is 5.69 Å². The van der Waals surface area contributed by atoms with Gasteiger partial charge in [-0.05, 0) is 61.5 Å². The molecule has 0 aliphatic rings. The van der Waals surface area contributed by atoms with Crippen LogP contribution in [0.4, 0.5) is 18.9 Å². The lowest BCUT2D eigenvalue weighted by Gasteiger charge is -2.16. The number of anilines is 1. The highest BCUT2D eigenvalue weighted by molar-refractivity contribution is 6.31. The number of ether oxygens (including phenoxy) is 2. The molecule has 0 bridgehead atoms. The predicted molar refractivity (Wildman–Crippen MR) is 108 cm³/mol. The lowest BCUT2D eigenvalue weighted by Crippen LogP contribution is -2.30. The molecule has 4 nitrogen and oxygen atoms in total. The maximum Gasteiger partial charge on any atom is 0.417 e. The molecule has 1 amide bonds. The van der Waals surface area contributed by atoms with Crippen LogP contribution in [-0.4, -0.2) is 12.0 Å². The fraction of sp³-hybridized carbons (Fsp3) is 0.136. The van der Waals surface area contributed by atoms with Crippen LogP contribution < -0.4 is 14.8 Å². The smallest absolute Gasteiger partial charge is 0.417 e. The lowest BCUT2D eigenvalue weighted by molar-refractivity contribution is -0.137. The van der Waals surface area contributed by atoms with E-state index >= 15 is 0 Å². The van der Waals surface area contributed by atoms with Gasteiger partial charge in [-0.3, -0.25) is 4.79 Å². The Bertz CT molecular complexity index is 1010. The summed E-state index contributed by atoms with van der Waals surface area (Å²) in [5.74, 6) is 1.08. The maximum absolute atomic E-state index is 13.0. The second-order valence-corrected chi connectivity index (χ2v) is 6.74. The molecule has 1 unspecified atom stereocenters. The Kier molecular flexibility index (Phi) is 6.52. The summed E-state index contributed by atoms with van der Waals surface area (Å²) < 4.78 is 50.1. The zero-order valence-electron chi connectivity index (χ0n) is 15.7. The van der Waals surface area contributed by atoms with Crippen LogP contribution >= 0.6 is 11.6 Å². The Labute approximate surface area is 176 Å². The van der Waals surface area contributed by atoms with E-state index < -0.39 is 28.8 Å². The first kappa shape index (κ1) is 21.5. The zero-order valence-corrected chi connectivity index (χ0v) is 16.5. The monoisotopic (exact) mass is 435 g/mol. The van der Waals surface area contributed by atoms with Crippen molar-refractivity contribution in [1.29, 1.82) is 0 Å². The largest absolute Gasteiger partial charge is 0.481 e. The molecule has 0 saturated carbocycles. The molecule has 0 spiro atoms. The summed E-state index contributed by atoms with van der Waals surface area (Å²) in [7, 11) is 0. The lowest BCUT2D eigenvalue weighted by atomic mass is 10.2. The van der Waals surface area contributed by atoms with Gasteiger partial charge in [0.15, 0.2) is 6.10 Å². The number of carbonyl (C=O) groups is 1. The van der Waals surface area contributed by atoms with Crippen LogP contribution in [0, 0.1) is 0 Å². The normalized spacial score (nSPS) is 12.2. The third kappa shape index (κ3) is 5.67. The molecule has 1 N–H and O–H groups in total. The summed E-state index contributed by atoms with van der Waals surface area (Å²) in [5.41, 5.74) is -1.05. The standard InChI is InChI=1S/C22H17ClF3NO3/c1-14(21(28)27-15-7-12-20(23)19(13-15)22(24,25)26)29-17-8-10-18(11-9-17)30-16-5-3-2-4-6-16/h2-14H,1H3,(H,27,28). The molecule has 0 aliphatic carbocycles. The Morgan fingerprint density at radius 2 is 1.53 bits per heavy atom. The molecule has 0 aromatic heterocycles. The molecule has 8 heteroatoms. The molecule has 3 aromatic carbocycles. The van der Waals surface area contributed by atoms with Crippen molar-refractivity contribution >= 4 is 23.2 Å². The molecule has 0 heterocycles. The van der Waals surface area contributed by atoms with Gasteiger partial charge in [-0.15, -0.1) is 0 Å². The maximum atomic E-state index is 13.0. The molecule has 156 valence electrons. The number of alkyl halides is 3. The molecule has 0 fully saturated rings. The van der Waals surface area contributed by atoms with E-state index in [1.165, 1.54) is 13.0 Å². The summed E-state index contributed by atoms with van der Waals surface area (Å²) in [6, 6.07) is 19.0. The van der Waals surface area contributed by atoms with Crippen molar-refractivity contribution in [2.45, 2.75) is 19.2 Å². The molecule has 0 radical (unpaired) electrons. The first-order chi connectivity index (χ1) is 14.2. The summed E-state index contributed by atoms with van der Waals surface area (Å²) in [6.45, 7) is 1.49. The van der Waals surface area contributed by atoms with Crippen LogP contribution in [0.15, 0.2) is 72.8 Å². The minimum Gasteiger partial charge on any atom is -0.481 e. The van der Waals surface area contributed by atoms with Gasteiger partial charge < -0.3 is 14.8 Å². The van der Waals surface area contributed by atoms with Crippen LogP contribution in [0.1, 0.15) is 12.5 Å². The van der Waals surface area contributed by atoms with E-state index in [1.807, 2.05) is 30.3 Å². The van der Waals surface area contributed by atoms with Gasteiger partial charge in [0, 0.05) is 5.69 Å². The Balaban J connectivity index is 1.60. The summed E-state index contributed by atoms with van der Waals surface area (Å²) in [5, 5.41) is 1.96. The van der Waals surface area contributed by atoms with Crippen LogP contribution in [0.5, 0.6) is 17.2 Å². The van der Waals surface area contributed by atoms with Crippen molar-refractivity contribution < 1.29 is 27.4 Å². The van der Waals surface area contributed by atoms with Crippen molar-refractivity contribution in [1.82, 2.24) is 0 Å². The van der Waals surface area contributed by atoms with Gasteiger partial charge in [-0.2, -0.15) is 13.2 Å². The fourth-order valence-electron chi connectivity index (χ4n) is 2.53. The third-order valence-corrected chi connectivity index (χ3v) is 4.35. The van der Waals surface area contributed by atoms with Crippen LogP contribution in [0.2, 0.25) is 5.02 Å². The first-order valence-electron chi connectivity index (χ1n) is 8.89. The Morgan fingerprint density at radius 3 is 2.17 bits per heavy atom. The molecule has 3 rings (SSSR count). The fourth-order valence-corrected chi connectivity index (χ4v) is 2.76.